The van der Waals surface area contributed by atoms with Crippen molar-refractivity contribution in [3.8, 4) is 0 Å². The summed E-state index contributed by atoms with van der Waals surface area (Å²) in [5.41, 5.74) is 7.51. The number of aryl methyl sites for hydroxylation is 1. The van der Waals surface area contributed by atoms with E-state index in [0.29, 0.717) is 48.6 Å². The number of fused-ring (bicyclic) bond motifs is 1. The average molecular weight is 332 g/mol. The summed E-state index contributed by atoms with van der Waals surface area (Å²) in [5.74, 6) is -0.953. The summed E-state index contributed by atoms with van der Waals surface area (Å²) in [7, 11) is 1.30. The predicted molar refractivity (Wildman–Crippen MR) is 88.7 cm³/mol. The van der Waals surface area contributed by atoms with Gasteiger partial charge in [-0.1, -0.05) is 0 Å². The van der Waals surface area contributed by atoms with Crippen LogP contribution in [0.2, 0.25) is 0 Å². The number of carbonyl (C=O) groups excluding carboxylic acids is 2. The van der Waals surface area contributed by atoms with Crippen molar-refractivity contribution in [2.45, 2.75) is 19.9 Å². The van der Waals surface area contributed by atoms with Crippen molar-refractivity contribution in [3.05, 3.63) is 18.0 Å². The Bertz CT molecular complexity index is 793. The number of ether oxygens (including phenoxy) is 2. The molecule has 1 saturated heterocycles. The zero-order chi connectivity index (χ0) is 17.3. The lowest BCUT2D eigenvalue weighted by Gasteiger charge is -2.11. The van der Waals surface area contributed by atoms with Gasteiger partial charge in [-0.05, 0) is 19.4 Å². The molecule has 3 heterocycles. The lowest BCUT2D eigenvalue weighted by molar-refractivity contribution is -0.119. The van der Waals surface area contributed by atoms with Crippen LogP contribution in [-0.4, -0.2) is 41.8 Å². The minimum absolute atomic E-state index is 0.185. The molecule has 0 aliphatic carbocycles. The maximum atomic E-state index is 12.5. The molecule has 3 N–H and O–H groups in total. The quantitative estimate of drug-likeness (QED) is 0.819. The Hall–Kier alpha value is -2.61. The Morgan fingerprint density at radius 2 is 2.33 bits per heavy atom. The number of hydrogen-bond acceptors (Lipinski definition) is 6. The molecule has 0 radical (unpaired) electrons. The Morgan fingerprint density at radius 3 is 2.96 bits per heavy atom. The van der Waals surface area contributed by atoms with Gasteiger partial charge in [0.1, 0.15) is 5.65 Å². The summed E-state index contributed by atoms with van der Waals surface area (Å²) < 4.78 is 11.9. The van der Waals surface area contributed by atoms with E-state index in [1.165, 1.54) is 13.3 Å². The molecule has 8 heteroatoms. The van der Waals surface area contributed by atoms with E-state index in [-0.39, 0.29) is 17.5 Å². The van der Waals surface area contributed by atoms with Crippen LogP contribution < -0.4 is 11.1 Å². The molecule has 2 aromatic rings. The second kappa shape index (κ2) is 6.48. The van der Waals surface area contributed by atoms with Gasteiger partial charge in [0.15, 0.2) is 5.69 Å². The second-order valence-corrected chi connectivity index (χ2v) is 5.65. The zero-order valence-electron chi connectivity index (χ0n) is 13.7. The Balaban J connectivity index is 2.13. The van der Waals surface area contributed by atoms with Crippen molar-refractivity contribution in [3.63, 3.8) is 0 Å². The van der Waals surface area contributed by atoms with Crippen LogP contribution in [0.1, 0.15) is 23.8 Å². The highest BCUT2D eigenvalue weighted by Gasteiger charge is 2.29. The van der Waals surface area contributed by atoms with Crippen LogP contribution in [0.4, 0.5) is 11.4 Å². The van der Waals surface area contributed by atoms with Gasteiger partial charge in [0.05, 0.1) is 37.2 Å². The molecule has 1 unspecified atom stereocenters. The number of anilines is 2. The van der Waals surface area contributed by atoms with Gasteiger partial charge in [-0.25, -0.2) is 9.78 Å². The van der Waals surface area contributed by atoms with Crippen LogP contribution in [-0.2, 0) is 20.8 Å². The number of esters is 1. The van der Waals surface area contributed by atoms with Gasteiger partial charge >= 0.3 is 5.97 Å². The largest absolute Gasteiger partial charge is 0.464 e. The number of nitrogens with two attached hydrogens (primary N) is 1. The molecule has 0 aromatic carbocycles. The lowest BCUT2D eigenvalue weighted by atomic mass is 10.1. The smallest absolute Gasteiger partial charge is 0.356 e. The predicted octanol–water partition coefficient (Wildman–Crippen LogP) is 1.40. The number of pyridine rings is 1. The number of methoxy groups -OCH3 is 1. The lowest BCUT2D eigenvalue weighted by Crippen LogP contribution is -2.24. The molecular formula is C16H20N4O4. The first kappa shape index (κ1) is 16.3. The maximum absolute atomic E-state index is 12.5. The molecule has 1 atom stereocenters. The normalized spacial score (nSPS) is 17.2. The number of carbonyl (C=O) groups is 2. The number of nitrogen functional groups attached to an aromatic ring is 1. The third kappa shape index (κ3) is 2.69. The van der Waals surface area contributed by atoms with Crippen LogP contribution in [0.25, 0.3) is 11.0 Å². The monoisotopic (exact) mass is 332 g/mol. The van der Waals surface area contributed by atoms with Crippen molar-refractivity contribution in [1.82, 2.24) is 9.55 Å². The van der Waals surface area contributed by atoms with Gasteiger partial charge < -0.3 is 25.1 Å². The molecular weight excluding hydrogens is 312 g/mol. The summed E-state index contributed by atoms with van der Waals surface area (Å²) in [6.07, 6.45) is 2.18. The molecule has 128 valence electrons. The number of nitrogens with one attached hydrogen (secondary N) is 1. The molecule has 24 heavy (non-hydrogen) atoms. The van der Waals surface area contributed by atoms with E-state index in [2.05, 4.69) is 10.3 Å². The van der Waals surface area contributed by atoms with Crippen LogP contribution in [0.15, 0.2) is 12.3 Å². The second-order valence-electron chi connectivity index (χ2n) is 5.65. The van der Waals surface area contributed by atoms with Crippen LogP contribution >= 0.6 is 0 Å². The minimum Gasteiger partial charge on any atom is -0.464 e. The molecule has 0 spiro atoms. The zero-order valence-corrected chi connectivity index (χ0v) is 13.7. The highest BCUT2D eigenvalue weighted by atomic mass is 16.5. The number of hydrogen-bond donors (Lipinski definition) is 2. The highest BCUT2D eigenvalue weighted by Crippen LogP contribution is 2.32. The maximum Gasteiger partial charge on any atom is 0.356 e. The van der Waals surface area contributed by atoms with Crippen molar-refractivity contribution in [2.75, 3.05) is 31.4 Å². The third-order valence-electron chi connectivity index (χ3n) is 4.16. The first-order chi connectivity index (χ1) is 11.6. The first-order valence-electron chi connectivity index (χ1n) is 7.81. The van der Waals surface area contributed by atoms with E-state index in [1.807, 2.05) is 6.92 Å². The van der Waals surface area contributed by atoms with E-state index in [1.54, 1.807) is 10.6 Å². The molecule has 1 fully saturated rings. The highest BCUT2D eigenvalue weighted by molar-refractivity contribution is 6.11. The number of rotatable bonds is 4. The van der Waals surface area contributed by atoms with E-state index in [9.17, 15) is 9.59 Å². The van der Waals surface area contributed by atoms with Gasteiger partial charge in [0, 0.05) is 18.5 Å². The van der Waals surface area contributed by atoms with Crippen LogP contribution in [0.3, 0.4) is 0 Å². The van der Waals surface area contributed by atoms with E-state index >= 15 is 0 Å². The Morgan fingerprint density at radius 1 is 1.54 bits per heavy atom. The fraction of sp³-hybridized carbons (Fsp3) is 0.438. The fourth-order valence-electron chi connectivity index (χ4n) is 2.95. The average Bonchev–Trinajstić information content (AvgIpc) is 3.20. The molecule has 1 amide bonds. The summed E-state index contributed by atoms with van der Waals surface area (Å²) in [4.78, 5) is 29.1. The van der Waals surface area contributed by atoms with Crippen molar-refractivity contribution < 1.29 is 19.1 Å². The standard InChI is InChI=1S/C16H20N4O4/c1-3-20-13(16(22)23-2)12(11-6-10(17)7-18-14(11)20)19-15(21)9-4-5-24-8-9/h6-7,9H,3-5,8,17H2,1-2H3,(H,19,21). The minimum atomic E-state index is -0.536. The SMILES string of the molecule is CCn1c(C(=O)OC)c(NC(=O)C2CCOC2)c2cc(N)cnc21. The van der Waals surface area contributed by atoms with Crippen molar-refractivity contribution >= 4 is 34.3 Å². The van der Waals surface area contributed by atoms with Crippen LogP contribution in [0, 0.1) is 5.92 Å². The fourth-order valence-corrected chi connectivity index (χ4v) is 2.95. The Kier molecular flexibility index (Phi) is 4.39. The Labute approximate surface area is 138 Å². The number of aromatic nitrogens is 2. The molecule has 1 aliphatic rings. The van der Waals surface area contributed by atoms with Crippen molar-refractivity contribution in [2.24, 2.45) is 5.92 Å². The summed E-state index contributed by atoms with van der Waals surface area (Å²) in [6.45, 7) is 3.33. The van der Waals surface area contributed by atoms with E-state index in [4.69, 9.17) is 15.2 Å². The molecule has 0 bridgehead atoms. The molecule has 2 aromatic heterocycles. The molecule has 3 rings (SSSR count). The molecule has 1 aliphatic heterocycles. The number of amides is 1. The van der Waals surface area contributed by atoms with E-state index < -0.39 is 5.97 Å². The van der Waals surface area contributed by atoms with Gasteiger partial charge in [0.2, 0.25) is 5.91 Å². The summed E-state index contributed by atoms with van der Waals surface area (Å²) in [6, 6.07) is 1.70. The topological polar surface area (TPSA) is 108 Å². The van der Waals surface area contributed by atoms with Gasteiger partial charge in [0.25, 0.3) is 0 Å². The van der Waals surface area contributed by atoms with Crippen molar-refractivity contribution in [1.29, 1.82) is 0 Å². The first-order valence-corrected chi connectivity index (χ1v) is 7.81. The number of nitrogens with zero attached hydrogens (tertiary/aromatic N) is 2. The van der Waals surface area contributed by atoms with Crippen LogP contribution in [0.5, 0.6) is 0 Å². The molecule has 0 saturated carbocycles. The summed E-state index contributed by atoms with van der Waals surface area (Å²) in [5, 5.41) is 3.47. The van der Waals surface area contributed by atoms with E-state index in [0.717, 1.165) is 0 Å². The third-order valence-corrected chi connectivity index (χ3v) is 4.16. The summed E-state index contributed by atoms with van der Waals surface area (Å²) >= 11 is 0. The molecule has 8 nitrogen and oxygen atoms in total. The van der Waals surface area contributed by atoms with Gasteiger partial charge in [-0.2, -0.15) is 0 Å². The van der Waals surface area contributed by atoms with Gasteiger partial charge in [-0.15, -0.1) is 0 Å². The van der Waals surface area contributed by atoms with Gasteiger partial charge in [-0.3, -0.25) is 4.79 Å².